The highest BCUT2D eigenvalue weighted by Gasteiger charge is 2.25. The maximum absolute atomic E-state index is 13.1. The molecule has 0 unspecified atom stereocenters. The summed E-state index contributed by atoms with van der Waals surface area (Å²) < 4.78 is 18.2. The molecule has 6 heteroatoms. The Hall–Kier alpha value is -3.02. The number of carbonyl (C=O) groups excluding carboxylic acids is 3. The molecule has 0 aliphatic rings. The van der Waals surface area contributed by atoms with Crippen molar-refractivity contribution >= 4 is 23.6 Å². The summed E-state index contributed by atoms with van der Waals surface area (Å²) >= 11 is 0. The second kappa shape index (κ2) is 7.91. The van der Waals surface area contributed by atoms with Gasteiger partial charge in [-0.2, -0.15) is 0 Å². The van der Waals surface area contributed by atoms with E-state index in [2.05, 4.69) is 4.98 Å². The second-order valence-electron chi connectivity index (χ2n) is 6.01. The molecular formula is C20H20FNO4. The quantitative estimate of drug-likeness (QED) is 0.485. The number of nitrogens with one attached hydrogen (secondary N) is 1. The summed E-state index contributed by atoms with van der Waals surface area (Å²) in [6.07, 6.45) is 1.50. The molecule has 1 N–H and O–H groups in total. The minimum atomic E-state index is -1.03. The van der Waals surface area contributed by atoms with E-state index in [-0.39, 0.29) is 11.5 Å². The molecule has 0 fully saturated rings. The first-order valence-electron chi connectivity index (χ1n) is 8.09. The van der Waals surface area contributed by atoms with Gasteiger partial charge in [-0.3, -0.25) is 9.59 Å². The third-order valence-electron chi connectivity index (χ3n) is 3.96. The van der Waals surface area contributed by atoms with Gasteiger partial charge in [-0.15, -0.1) is 0 Å². The molecule has 1 aromatic heterocycles. The van der Waals surface area contributed by atoms with Crippen molar-refractivity contribution in [1.82, 2.24) is 4.98 Å². The molecular weight excluding hydrogens is 337 g/mol. The van der Waals surface area contributed by atoms with Crippen molar-refractivity contribution in [2.45, 2.75) is 33.8 Å². The van der Waals surface area contributed by atoms with E-state index < -0.39 is 23.7 Å². The minimum Gasteiger partial charge on any atom is -0.451 e. The Labute approximate surface area is 150 Å². The molecule has 0 radical (unpaired) electrons. The van der Waals surface area contributed by atoms with Gasteiger partial charge in [0.1, 0.15) is 5.82 Å². The van der Waals surface area contributed by atoms with E-state index in [1.54, 1.807) is 19.9 Å². The molecule has 0 aliphatic heterocycles. The average Bonchev–Trinajstić information content (AvgIpc) is 2.86. The van der Waals surface area contributed by atoms with Crippen LogP contribution >= 0.6 is 0 Å². The lowest BCUT2D eigenvalue weighted by Crippen LogP contribution is -2.24. The van der Waals surface area contributed by atoms with E-state index in [1.807, 2.05) is 0 Å². The van der Waals surface area contributed by atoms with E-state index in [4.69, 9.17) is 4.74 Å². The Bertz CT molecular complexity index is 895. The fourth-order valence-electron chi connectivity index (χ4n) is 2.77. The highest BCUT2D eigenvalue weighted by Crippen LogP contribution is 2.20. The summed E-state index contributed by atoms with van der Waals surface area (Å²) in [5.74, 6) is -1.70. The lowest BCUT2D eigenvalue weighted by atomic mass is 10.0. The van der Waals surface area contributed by atoms with Crippen LogP contribution in [-0.2, 0) is 9.53 Å². The van der Waals surface area contributed by atoms with Crippen LogP contribution in [0.5, 0.6) is 0 Å². The maximum Gasteiger partial charge on any atom is 0.331 e. The highest BCUT2D eigenvalue weighted by molar-refractivity contribution is 6.05. The van der Waals surface area contributed by atoms with Crippen LogP contribution in [0.3, 0.4) is 0 Å². The second-order valence-corrected chi connectivity index (χ2v) is 6.01. The normalized spacial score (nSPS) is 12.2. The van der Waals surface area contributed by atoms with Crippen molar-refractivity contribution in [3.05, 3.63) is 64.2 Å². The minimum absolute atomic E-state index is 0.141. The summed E-state index contributed by atoms with van der Waals surface area (Å²) in [5, 5.41) is 0. The number of Topliss-reactive ketones (excluding diaryl/α,β-unsaturated/α-hetero) is 2. The van der Waals surface area contributed by atoms with E-state index in [0.717, 1.165) is 6.08 Å². The number of rotatable bonds is 6. The maximum atomic E-state index is 13.1. The van der Waals surface area contributed by atoms with Gasteiger partial charge in [0.05, 0.1) is 5.69 Å². The number of hydrogen-bond donors (Lipinski definition) is 1. The molecule has 0 aliphatic carbocycles. The average molecular weight is 357 g/mol. The molecule has 2 rings (SSSR count). The molecule has 0 bridgehead atoms. The zero-order chi connectivity index (χ0) is 19.4. The summed E-state index contributed by atoms with van der Waals surface area (Å²) in [5.41, 5.74) is 2.36. The number of aromatic amines is 1. The van der Waals surface area contributed by atoms with Gasteiger partial charge in [-0.25, -0.2) is 9.18 Å². The molecule has 1 atom stereocenters. The number of aromatic nitrogens is 1. The zero-order valence-corrected chi connectivity index (χ0v) is 15.1. The molecule has 0 saturated heterocycles. The van der Waals surface area contributed by atoms with Gasteiger partial charge >= 0.3 is 5.97 Å². The van der Waals surface area contributed by atoms with E-state index in [9.17, 15) is 18.8 Å². The van der Waals surface area contributed by atoms with Crippen LogP contribution in [0.4, 0.5) is 4.39 Å². The third kappa shape index (κ3) is 4.33. The first-order valence-corrected chi connectivity index (χ1v) is 8.09. The van der Waals surface area contributed by atoms with Gasteiger partial charge in [0.15, 0.2) is 11.9 Å². The first-order chi connectivity index (χ1) is 12.2. The first kappa shape index (κ1) is 19.3. The Morgan fingerprint density at radius 3 is 2.50 bits per heavy atom. The molecule has 1 heterocycles. The Morgan fingerprint density at radius 1 is 1.23 bits per heavy atom. The van der Waals surface area contributed by atoms with Crippen molar-refractivity contribution in [3.8, 4) is 0 Å². The number of hydrogen-bond acceptors (Lipinski definition) is 4. The van der Waals surface area contributed by atoms with E-state index >= 15 is 0 Å². The predicted octanol–water partition coefficient (Wildman–Crippen LogP) is 3.80. The van der Waals surface area contributed by atoms with Crippen molar-refractivity contribution in [3.63, 3.8) is 0 Å². The number of ether oxygens (including phenoxy) is 1. The molecule has 0 saturated carbocycles. The van der Waals surface area contributed by atoms with Gasteiger partial charge in [0.2, 0.25) is 5.78 Å². The summed E-state index contributed by atoms with van der Waals surface area (Å²) in [6.45, 7) is 6.27. The van der Waals surface area contributed by atoms with Crippen LogP contribution in [0.2, 0.25) is 0 Å². The van der Waals surface area contributed by atoms with Gasteiger partial charge in [0.25, 0.3) is 0 Å². The van der Waals surface area contributed by atoms with Crippen LogP contribution in [0.1, 0.15) is 51.5 Å². The van der Waals surface area contributed by atoms with Crippen LogP contribution in [0.15, 0.2) is 30.3 Å². The molecule has 5 nitrogen and oxygen atoms in total. The van der Waals surface area contributed by atoms with E-state index in [1.165, 1.54) is 38.1 Å². The molecule has 26 heavy (non-hydrogen) atoms. The number of esters is 1. The van der Waals surface area contributed by atoms with Crippen LogP contribution in [0.25, 0.3) is 6.08 Å². The van der Waals surface area contributed by atoms with Gasteiger partial charge in [-0.1, -0.05) is 12.1 Å². The number of benzene rings is 1. The van der Waals surface area contributed by atoms with Crippen molar-refractivity contribution in [1.29, 1.82) is 0 Å². The third-order valence-corrected chi connectivity index (χ3v) is 3.96. The monoisotopic (exact) mass is 357 g/mol. The Balaban J connectivity index is 2.08. The van der Waals surface area contributed by atoms with Gasteiger partial charge in [-0.05, 0) is 57.0 Å². The summed E-state index contributed by atoms with van der Waals surface area (Å²) in [7, 11) is 0. The number of aryl methyl sites for hydroxylation is 1. The topological polar surface area (TPSA) is 76.2 Å². The van der Waals surface area contributed by atoms with Crippen molar-refractivity contribution < 1.29 is 23.5 Å². The number of halogens is 1. The summed E-state index contributed by atoms with van der Waals surface area (Å²) in [4.78, 5) is 39.0. The molecule has 0 spiro atoms. The van der Waals surface area contributed by atoms with Crippen LogP contribution in [-0.4, -0.2) is 28.6 Å². The van der Waals surface area contributed by atoms with Crippen LogP contribution < -0.4 is 0 Å². The molecule has 136 valence electrons. The van der Waals surface area contributed by atoms with Gasteiger partial charge < -0.3 is 9.72 Å². The van der Waals surface area contributed by atoms with E-state index in [0.29, 0.717) is 22.4 Å². The largest absolute Gasteiger partial charge is 0.451 e. The van der Waals surface area contributed by atoms with Crippen molar-refractivity contribution in [2.24, 2.45) is 0 Å². The smallest absolute Gasteiger partial charge is 0.331 e. The zero-order valence-electron chi connectivity index (χ0n) is 15.1. The fourth-order valence-corrected chi connectivity index (χ4v) is 2.77. The molecule has 0 amide bonds. The fraction of sp³-hybridized carbons (Fsp3) is 0.250. The number of H-pyrrole nitrogens is 1. The molecule has 1 aromatic carbocycles. The summed E-state index contributed by atoms with van der Waals surface area (Å²) in [6, 6.07) is 5.73. The van der Waals surface area contributed by atoms with Crippen molar-refractivity contribution in [2.75, 3.05) is 0 Å². The highest BCUT2D eigenvalue weighted by atomic mass is 19.1. The van der Waals surface area contributed by atoms with Gasteiger partial charge in [0, 0.05) is 17.3 Å². The predicted molar refractivity (Wildman–Crippen MR) is 95.6 cm³/mol. The number of ketones is 2. The Kier molecular flexibility index (Phi) is 5.87. The standard InChI is InChI=1S/C20H20FNO4/c1-11-18(13(3)23)12(2)22-19(11)20(25)14(4)26-17(24)9-8-15-6-5-7-16(21)10-15/h5-10,14,22H,1-4H3/b9-8+/t14-/m1/s1. The Morgan fingerprint density at radius 2 is 1.92 bits per heavy atom. The lowest BCUT2D eigenvalue weighted by molar-refractivity contribution is -0.140. The lowest BCUT2D eigenvalue weighted by Gasteiger charge is -2.10. The van der Waals surface area contributed by atoms with Crippen LogP contribution in [0, 0.1) is 19.7 Å². The number of carbonyl (C=O) groups is 3. The molecule has 2 aromatic rings. The SMILES string of the molecule is CC(=O)c1c(C)[nH]c(C(=O)[C@@H](C)OC(=O)/C=C/c2cccc(F)c2)c1C.